The molecule has 1 heterocycles. The third kappa shape index (κ3) is 2.86. The first-order chi connectivity index (χ1) is 8.22. The number of anilines is 1. The molecule has 0 aromatic heterocycles. The van der Waals surface area contributed by atoms with Crippen molar-refractivity contribution in [3.8, 4) is 6.07 Å². The van der Waals surface area contributed by atoms with Gasteiger partial charge >= 0.3 is 0 Å². The van der Waals surface area contributed by atoms with Crippen molar-refractivity contribution in [2.75, 3.05) is 18.0 Å². The van der Waals surface area contributed by atoms with E-state index in [1.165, 1.54) is 0 Å². The number of rotatable bonds is 2. The topological polar surface area (TPSA) is 27.0 Å². The van der Waals surface area contributed by atoms with Gasteiger partial charge in [-0.15, -0.1) is 0 Å². The van der Waals surface area contributed by atoms with Crippen LogP contribution in [0.5, 0.6) is 0 Å². The molecule has 1 aromatic carbocycles. The fourth-order valence-electron chi connectivity index (χ4n) is 2.32. The highest BCUT2D eigenvalue weighted by Crippen LogP contribution is 2.34. The van der Waals surface area contributed by atoms with Crippen LogP contribution in [-0.2, 0) is 0 Å². The molecule has 0 aliphatic carbocycles. The van der Waals surface area contributed by atoms with Crippen LogP contribution in [0.25, 0.3) is 0 Å². The highest BCUT2D eigenvalue weighted by Gasteiger charge is 2.21. The van der Waals surface area contributed by atoms with Crippen molar-refractivity contribution in [1.29, 1.82) is 5.26 Å². The summed E-state index contributed by atoms with van der Waals surface area (Å²) in [7, 11) is 0. The van der Waals surface area contributed by atoms with E-state index in [0.29, 0.717) is 22.4 Å². The molecule has 1 saturated heterocycles. The molecule has 0 bridgehead atoms. The zero-order valence-corrected chi connectivity index (χ0v) is 11.0. The van der Waals surface area contributed by atoms with Crippen molar-refractivity contribution in [3.63, 3.8) is 0 Å². The van der Waals surface area contributed by atoms with E-state index in [4.69, 9.17) is 28.5 Å². The summed E-state index contributed by atoms with van der Waals surface area (Å²) >= 11 is 12.2. The molecule has 1 aliphatic rings. The van der Waals surface area contributed by atoms with Gasteiger partial charge in [0.25, 0.3) is 0 Å². The molecule has 2 nitrogen and oxygen atoms in total. The van der Waals surface area contributed by atoms with Crippen LogP contribution in [-0.4, -0.2) is 13.1 Å². The second kappa shape index (κ2) is 5.62. The molecule has 90 valence electrons. The number of nitriles is 1. The second-order valence-electron chi connectivity index (χ2n) is 4.39. The molecular formula is C13H14Cl2N2. The molecule has 17 heavy (non-hydrogen) atoms. The molecule has 0 spiro atoms. The van der Waals surface area contributed by atoms with Crippen molar-refractivity contribution in [2.24, 2.45) is 5.92 Å². The average Bonchev–Trinajstić information content (AvgIpc) is 2.33. The van der Waals surface area contributed by atoms with Crippen LogP contribution in [0, 0.1) is 17.2 Å². The summed E-state index contributed by atoms with van der Waals surface area (Å²) in [5.41, 5.74) is 0.988. The summed E-state index contributed by atoms with van der Waals surface area (Å²) < 4.78 is 0. The summed E-state index contributed by atoms with van der Waals surface area (Å²) in [6.45, 7) is 1.88. The van der Waals surface area contributed by atoms with E-state index in [-0.39, 0.29) is 0 Å². The van der Waals surface area contributed by atoms with Gasteiger partial charge in [0.1, 0.15) is 0 Å². The van der Waals surface area contributed by atoms with Gasteiger partial charge < -0.3 is 4.90 Å². The quantitative estimate of drug-likeness (QED) is 0.807. The Balaban J connectivity index is 2.17. The minimum absolute atomic E-state index is 0.448. The van der Waals surface area contributed by atoms with E-state index in [1.807, 2.05) is 12.1 Å². The normalized spacial score (nSPS) is 20.1. The SMILES string of the molecule is N#CCC1CCCN(c2cccc(Cl)c2Cl)C1. The Bertz CT molecular complexity index is 440. The summed E-state index contributed by atoms with van der Waals surface area (Å²) in [5, 5.41) is 9.97. The maximum atomic E-state index is 8.76. The van der Waals surface area contributed by atoms with E-state index < -0.39 is 0 Å². The summed E-state index contributed by atoms with van der Waals surface area (Å²) in [6, 6.07) is 7.95. The molecule has 0 N–H and O–H groups in total. The van der Waals surface area contributed by atoms with Gasteiger partial charge in [-0.1, -0.05) is 29.3 Å². The zero-order valence-electron chi connectivity index (χ0n) is 9.50. The molecular weight excluding hydrogens is 255 g/mol. The number of hydrogen-bond donors (Lipinski definition) is 0. The van der Waals surface area contributed by atoms with Crippen molar-refractivity contribution in [1.82, 2.24) is 0 Å². The predicted octanol–water partition coefficient (Wildman–Crippen LogP) is 4.12. The third-order valence-electron chi connectivity index (χ3n) is 3.17. The first-order valence-corrected chi connectivity index (χ1v) is 6.54. The second-order valence-corrected chi connectivity index (χ2v) is 5.17. The molecule has 0 radical (unpaired) electrons. The Hall–Kier alpha value is -0.910. The monoisotopic (exact) mass is 268 g/mol. The highest BCUT2D eigenvalue weighted by molar-refractivity contribution is 6.43. The molecule has 0 saturated carbocycles. The molecule has 1 unspecified atom stereocenters. The van der Waals surface area contributed by atoms with Gasteiger partial charge in [0.2, 0.25) is 0 Å². The van der Waals surface area contributed by atoms with Crippen LogP contribution in [0.1, 0.15) is 19.3 Å². The van der Waals surface area contributed by atoms with E-state index in [2.05, 4.69) is 11.0 Å². The lowest BCUT2D eigenvalue weighted by Gasteiger charge is -2.34. The van der Waals surface area contributed by atoms with Gasteiger partial charge in [-0.2, -0.15) is 5.26 Å². The van der Waals surface area contributed by atoms with Crippen LogP contribution >= 0.6 is 23.2 Å². The average molecular weight is 269 g/mol. The third-order valence-corrected chi connectivity index (χ3v) is 3.98. The molecule has 0 amide bonds. The maximum absolute atomic E-state index is 8.76. The Morgan fingerprint density at radius 3 is 3.00 bits per heavy atom. The number of hydrogen-bond acceptors (Lipinski definition) is 2. The standard InChI is InChI=1S/C13H14Cl2N2/c14-11-4-1-5-12(13(11)15)17-8-2-3-10(9-17)6-7-16/h1,4-5,10H,2-3,6,8-9H2. The number of piperidine rings is 1. The largest absolute Gasteiger partial charge is 0.370 e. The van der Waals surface area contributed by atoms with Crippen molar-refractivity contribution >= 4 is 28.9 Å². The zero-order chi connectivity index (χ0) is 12.3. The van der Waals surface area contributed by atoms with E-state index >= 15 is 0 Å². The smallest absolute Gasteiger partial charge is 0.0825 e. The highest BCUT2D eigenvalue weighted by atomic mass is 35.5. The van der Waals surface area contributed by atoms with E-state index in [0.717, 1.165) is 31.6 Å². The number of halogens is 2. The first-order valence-electron chi connectivity index (χ1n) is 5.78. The lowest BCUT2D eigenvalue weighted by atomic mass is 9.95. The lowest BCUT2D eigenvalue weighted by molar-refractivity contribution is 0.422. The maximum Gasteiger partial charge on any atom is 0.0825 e. The minimum atomic E-state index is 0.448. The molecule has 1 fully saturated rings. The fourth-order valence-corrected chi connectivity index (χ4v) is 2.73. The minimum Gasteiger partial charge on any atom is -0.370 e. The van der Waals surface area contributed by atoms with Crippen molar-refractivity contribution in [3.05, 3.63) is 28.2 Å². The van der Waals surface area contributed by atoms with Gasteiger partial charge in [0, 0.05) is 19.5 Å². The van der Waals surface area contributed by atoms with Gasteiger partial charge in [-0.3, -0.25) is 0 Å². The predicted molar refractivity (Wildman–Crippen MR) is 71.6 cm³/mol. The lowest BCUT2D eigenvalue weighted by Crippen LogP contribution is -2.35. The molecule has 1 atom stereocenters. The Morgan fingerprint density at radius 1 is 1.41 bits per heavy atom. The van der Waals surface area contributed by atoms with Gasteiger partial charge in [-0.25, -0.2) is 0 Å². The van der Waals surface area contributed by atoms with Crippen LogP contribution < -0.4 is 4.90 Å². The van der Waals surface area contributed by atoms with Crippen LogP contribution in [0.15, 0.2) is 18.2 Å². The van der Waals surface area contributed by atoms with Gasteiger partial charge in [-0.05, 0) is 30.9 Å². The summed E-state index contributed by atoms with van der Waals surface area (Å²) in [5.74, 6) is 0.448. The van der Waals surface area contributed by atoms with Crippen molar-refractivity contribution in [2.45, 2.75) is 19.3 Å². The Kier molecular flexibility index (Phi) is 4.15. The van der Waals surface area contributed by atoms with Gasteiger partial charge in [0.15, 0.2) is 0 Å². The fraction of sp³-hybridized carbons (Fsp3) is 0.462. The number of nitrogens with zero attached hydrogens (tertiary/aromatic N) is 2. The summed E-state index contributed by atoms with van der Waals surface area (Å²) in [6.07, 6.45) is 2.85. The Morgan fingerprint density at radius 2 is 2.24 bits per heavy atom. The first kappa shape index (κ1) is 12.5. The summed E-state index contributed by atoms with van der Waals surface area (Å²) in [4.78, 5) is 2.24. The van der Waals surface area contributed by atoms with E-state index in [1.54, 1.807) is 6.07 Å². The van der Waals surface area contributed by atoms with E-state index in [9.17, 15) is 0 Å². The molecule has 1 aliphatic heterocycles. The van der Waals surface area contributed by atoms with Crippen LogP contribution in [0.2, 0.25) is 10.0 Å². The van der Waals surface area contributed by atoms with Crippen LogP contribution in [0.3, 0.4) is 0 Å². The molecule has 2 rings (SSSR count). The molecule has 4 heteroatoms. The van der Waals surface area contributed by atoms with Crippen molar-refractivity contribution < 1.29 is 0 Å². The van der Waals surface area contributed by atoms with Gasteiger partial charge in [0.05, 0.1) is 21.8 Å². The Labute approximate surface area is 112 Å². The molecule has 1 aromatic rings. The van der Waals surface area contributed by atoms with Crippen LogP contribution in [0.4, 0.5) is 5.69 Å². The number of benzene rings is 1.